The topological polar surface area (TPSA) is 53.1 Å². The second-order valence-corrected chi connectivity index (χ2v) is 10.2. The second-order valence-electron chi connectivity index (χ2n) is 10.2. The lowest BCUT2D eigenvalue weighted by atomic mass is 9.85. The van der Waals surface area contributed by atoms with E-state index in [0.717, 1.165) is 30.9 Å². The molecular formula is C31H35N3O3. The van der Waals surface area contributed by atoms with Crippen LogP contribution in [0.4, 0.5) is 4.79 Å². The maximum Gasteiger partial charge on any atom is 0.327 e. The predicted octanol–water partition coefficient (Wildman–Crippen LogP) is 5.14. The quantitative estimate of drug-likeness (QED) is 0.424. The zero-order chi connectivity index (χ0) is 26.0. The van der Waals surface area contributed by atoms with Crippen LogP contribution < -0.4 is 4.74 Å². The first kappa shape index (κ1) is 25.0. The highest BCUT2D eigenvalue weighted by Crippen LogP contribution is 2.37. The van der Waals surface area contributed by atoms with Crippen molar-refractivity contribution in [1.29, 1.82) is 0 Å². The lowest BCUT2D eigenvalue weighted by molar-refractivity contribution is -0.134. The molecule has 6 heteroatoms. The number of piperidine rings is 1. The van der Waals surface area contributed by atoms with Crippen LogP contribution in [0.3, 0.4) is 0 Å². The Balaban J connectivity index is 1.26. The molecule has 3 aromatic carbocycles. The fourth-order valence-corrected chi connectivity index (χ4v) is 5.78. The summed E-state index contributed by atoms with van der Waals surface area (Å²) in [7, 11) is 3.26. The Morgan fingerprint density at radius 3 is 2.32 bits per heavy atom. The fourth-order valence-electron chi connectivity index (χ4n) is 5.78. The summed E-state index contributed by atoms with van der Waals surface area (Å²) < 4.78 is 5.25. The molecule has 5 rings (SSSR count). The lowest BCUT2D eigenvalue weighted by Gasteiger charge is -2.42. The normalized spacial score (nSPS) is 17.6. The number of amides is 3. The van der Waals surface area contributed by atoms with E-state index in [9.17, 15) is 9.59 Å². The van der Waals surface area contributed by atoms with Crippen molar-refractivity contribution in [2.45, 2.75) is 38.3 Å². The van der Waals surface area contributed by atoms with E-state index in [1.54, 1.807) is 14.2 Å². The number of carbonyl (C=O) groups excluding carboxylic acids is 2. The van der Waals surface area contributed by atoms with Crippen molar-refractivity contribution < 1.29 is 14.3 Å². The number of ether oxygens (including phenoxy) is 1. The van der Waals surface area contributed by atoms with Crippen molar-refractivity contribution in [3.8, 4) is 16.9 Å². The molecule has 2 saturated heterocycles. The van der Waals surface area contributed by atoms with Gasteiger partial charge in [0.2, 0.25) is 0 Å². The second kappa shape index (κ2) is 10.4. The molecule has 3 amide bonds. The number of likely N-dealkylation sites (tertiary alicyclic amines) is 1. The molecule has 3 aromatic rings. The molecule has 2 fully saturated rings. The van der Waals surface area contributed by atoms with Gasteiger partial charge in [-0.25, -0.2) is 4.79 Å². The van der Waals surface area contributed by atoms with E-state index >= 15 is 0 Å². The van der Waals surface area contributed by atoms with Gasteiger partial charge in [-0.2, -0.15) is 0 Å². The Kier molecular flexibility index (Phi) is 7.02. The van der Waals surface area contributed by atoms with E-state index < -0.39 is 5.54 Å². The smallest absolute Gasteiger partial charge is 0.327 e. The Hall–Kier alpha value is -3.64. The standard InChI is InChI=1S/C31H35N3O3/c1-23-7-4-5-10-28(23)26-9-6-8-25(21-26)22-33-19-16-31(17-20-33)29(35)32(2)30(36)34(31)18-15-24-11-13-27(37-3)14-12-24/h4-14,21H,15-20,22H2,1-3H3. The average Bonchev–Trinajstić information content (AvgIpc) is 3.09. The van der Waals surface area contributed by atoms with Crippen LogP contribution in [0.5, 0.6) is 5.75 Å². The van der Waals surface area contributed by atoms with Crippen molar-refractivity contribution >= 4 is 11.9 Å². The van der Waals surface area contributed by atoms with Gasteiger partial charge in [0.05, 0.1) is 7.11 Å². The molecule has 0 atom stereocenters. The van der Waals surface area contributed by atoms with Gasteiger partial charge in [-0.15, -0.1) is 0 Å². The van der Waals surface area contributed by atoms with Crippen molar-refractivity contribution in [2.24, 2.45) is 0 Å². The third kappa shape index (κ3) is 4.86. The number of imide groups is 1. The number of likely N-dealkylation sites (N-methyl/N-ethyl adjacent to an activating group) is 1. The van der Waals surface area contributed by atoms with Gasteiger partial charge in [-0.3, -0.25) is 14.6 Å². The predicted molar refractivity (Wildman–Crippen MR) is 145 cm³/mol. The lowest BCUT2D eigenvalue weighted by Crippen LogP contribution is -2.56. The first-order chi connectivity index (χ1) is 17.9. The maximum absolute atomic E-state index is 13.3. The summed E-state index contributed by atoms with van der Waals surface area (Å²) in [6, 6.07) is 24.9. The number of carbonyl (C=O) groups is 2. The van der Waals surface area contributed by atoms with Crippen molar-refractivity contribution in [3.63, 3.8) is 0 Å². The first-order valence-corrected chi connectivity index (χ1v) is 13.0. The summed E-state index contributed by atoms with van der Waals surface area (Å²) in [5.74, 6) is 0.748. The number of hydrogen-bond acceptors (Lipinski definition) is 4. The molecule has 0 aromatic heterocycles. The number of hydrogen-bond donors (Lipinski definition) is 0. The van der Waals surface area contributed by atoms with Crippen molar-refractivity contribution in [3.05, 3.63) is 89.5 Å². The highest BCUT2D eigenvalue weighted by atomic mass is 16.5. The average molecular weight is 498 g/mol. The van der Waals surface area contributed by atoms with Crippen LogP contribution >= 0.6 is 0 Å². The summed E-state index contributed by atoms with van der Waals surface area (Å²) in [5, 5.41) is 0. The highest BCUT2D eigenvalue weighted by molar-refractivity contribution is 6.06. The van der Waals surface area contributed by atoms with Crippen LogP contribution in [0.1, 0.15) is 29.5 Å². The molecule has 192 valence electrons. The molecule has 37 heavy (non-hydrogen) atoms. The van der Waals surface area contributed by atoms with Crippen LogP contribution in [0.2, 0.25) is 0 Å². The minimum absolute atomic E-state index is 0.0616. The summed E-state index contributed by atoms with van der Waals surface area (Å²) in [6.07, 6.45) is 2.01. The third-order valence-electron chi connectivity index (χ3n) is 7.99. The molecule has 0 aliphatic carbocycles. The highest BCUT2D eigenvalue weighted by Gasteiger charge is 2.56. The molecule has 0 unspecified atom stereocenters. The van der Waals surface area contributed by atoms with Gasteiger partial charge in [0.25, 0.3) is 5.91 Å². The molecule has 0 radical (unpaired) electrons. The molecule has 6 nitrogen and oxygen atoms in total. The molecule has 0 bridgehead atoms. The van der Waals surface area contributed by atoms with Gasteiger partial charge in [0.1, 0.15) is 11.3 Å². The Morgan fingerprint density at radius 2 is 1.62 bits per heavy atom. The maximum atomic E-state index is 13.3. The monoisotopic (exact) mass is 497 g/mol. The van der Waals surface area contributed by atoms with Gasteiger partial charge in [-0.1, -0.05) is 54.6 Å². The number of benzene rings is 3. The minimum atomic E-state index is -0.738. The fraction of sp³-hybridized carbons (Fsp3) is 0.355. The first-order valence-electron chi connectivity index (χ1n) is 13.0. The molecule has 0 saturated carbocycles. The Morgan fingerprint density at radius 1 is 0.892 bits per heavy atom. The molecule has 2 aliphatic heterocycles. The van der Waals surface area contributed by atoms with E-state index in [4.69, 9.17) is 4.74 Å². The molecule has 1 spiro atoms. The number of methoxy groups -OCH3 is 1. The summed E-state index contributed by atoms with van der Waals surface area (Å²) in [4.78, 5) is 32.0. The van der Waals surface area contributed by atoms with Crippen LogP contribution in [0.25, 0.3) is 11.1 Å². The van der Waals surface area contributed by atoms with Crippen LogP contribution in [-0.2, 0) is 17.8 Å². The number of rotatable bonds is 7. The van der Waals surface area contributed by atoms with Crippen molar-refractivity contribution in [1.82, 2.24) is 14.7 Å². The number of nitrogens with zero attached hydrogens (tertiary/aromatic N) is 3. The number of aryl methyl sites for hydroxylation is 1. The van der Waals surface area contributed by atoms with E-state index in [1.807, 2.05) is 29.2 Å². The largest absolute Gasteiger partial charge is 0.497 e. The van der Waals surface area contributed by atoms with E-state index in [-0.39, 0.29) is 11.9 Å². The summed E-state index contributed by atoms with van der Waals surface area (Å²) in [6.45, 7) is 5.06. The van der Waals surface area contributed by atoms with Crippen LogP contribution in [0, 0.1) is 6.92 Å². The third-order valence-corrected chi connectivity index (χ3v) is 7.99. The Labute approximate surface area is 219 Å². The van der Waals surface area contributed by atoms with Crippen molar-refractivity contribution in [2.75, 3.05) is 33.8 Å². The molecule has 2 aliphatic rings. The van der Waals surface area contributed by atoms with E-state index in [0.29, 0.717) is 25.8 Å². The zero-order valence-electron chi connectivity index (χ0n) is 21.9. The van der Waals surface area contributed by atoms with Gasteiger partial charge < -0.3 is 9.64 Å². The molecule has 2 heterocycles. The Bertz CT molecular complexity index is 1280. The minimum Gasteiger partial charge on any atom is -0.497 e. The summed E-state index contributed by atoms with van der Waals surface area (Å²) in [5.41, 5.74) is 5.40. The van der Waals surface area contributed by atoms with Crippen LogP contribution in [0.15, 0.2) is 72.8 Å². The van der Waals surface area contributed by atoms with Gasteiger partial charge in [0.15, 0.2) is 0 Å². The van der Waals surface area contributed by atoms with E-state index in [1.165, 1.54) is 27.2 Å². The van der Waals surface area contributed by atoms with E-state index in [2.05, 4.69) is 60.4 Å². The van der Waals surface area contributed by atoms with Gasteiger partial charge in [0, 0.05) is 33.2 Å². The van der Waals surface area contributed by atoms with Gasteiger partial charge >= 0.3 is 6.03 Å². The number of urea groups is 1. The zero-order valence-corrected chi connectivity index (χ0v) is 21.9. The van der Waals surface area contributed by atoms with Crippen LogP contribution in [-0.4, -0.2) is 66.0 Å². The molecular weight excluding hydrogens is 462 g/mol. The summed E-state index contributed by atoms with van der Waals surface area (Å²) >= 11 is 0. The van der Waals surface area contributed by atoms with Gasteiger partial charge in [-0.05, 0) is 72.2 Å². The SMILES string of the molecule is COc1ccc(CCN2C(=O)N(C)C(=O)C23CCN(Cc2cccc(-c4ccccc4C)c2)CC3)cc1. The molecule has 0 N–H and O–H groups in total.